The van der Waals surface area contributed by atoms with Gasteiger partial charge in [-0.05, 0) is 49.3 Å². The van der Waals surface area contributed by atoms with Crippen molar-refractivity contribution in [3.63, 3.8) is 0 Å². The predicted octanol–water partition coefficient (Wildman–Crippen LogP) is 4.65. The largest absolute Gasteiger partial charge is 0.303 e. The van der Waals surface area contributed by atoms with E-state index in [0.717, 1.165) is 18.8 Å². The molecule has 0 spiro atoms. The van der Waals surface area contributed by atoms with Gasteiger partial charge in [-0.1, -0.05) is 52.0 Å². The lowest BCUT2D eigenvalue weighted by atomic mass is 9.87. The van der Waals surface area contributed by atoms with E-state index in [1.54, 1.807) is 0 Å². The molecule has 3 rings (SSSR count). The number of hydrogen-bond donors (Lipinski definition) is 0. The second-order valence-corrected chi connectivity index (χ2v) is 8.14. The molecule has 0 radical (unpaired) electrons. The van der Waals surface area contributed by atoms with E-state index >= 15 is 0 Å². The molecule has 2 aliphatic rings. The van der Waals surface area contributed by atoms with E-state index in [4.69, 9.17) is 4.98 Å². The van der Waals surface area contributed by atoms with E-state index in [9.17, 15) is 0 Å². The van der Waals surface area contributed by atoms with Gasteiger partial charge in [-0.15, -0.1) is 0 Å². The lowest BCUT2D eigenvalue weighted by molar-refractivity contribution is 0.239. The summed E-state index contributed by atoms with van der Waals surface area (Å²) < 4.78 is 0. The Bertz CT molecular complexity index is 489. The summed E-state index contributed by atoms with van der Waals surface area (Å²) in [7, 11) is 0. The molecule has 128 valence electrons. The SMILES string of the molecule is CC(C)Cc1ccc2c(n1)CCN(CCC1CCCCC1)CC2. The number of rotatable bonds is 5. The van der Waals surface area contributed by atoms with Gasteiger partial charge in [0, 0.05) is 30.9 Å². The minimum absolute atomic E-state index is 0.693. The lowest BCUT2D eigenvalue weighted by Gasteiger charge is -2.26. The average molecular weight is 315 g/mol. The van der Waals surface area contributed by atoms with Gasteiger partial charge in [-0.2, -0.15) is 0 Å². The topological polar surface area (TPSA) is 16.1 Å². The Morgan fingerprint density at radius 2 is 1.87 bits per heavy atom. The summed E-state index contributed by atoms with van der Waals surface area (Å²) in [5.74, 6) is 1.70. The molecule has 0 bridgehead atoms. The van der Waals surface area contributed by atoms with Crippen LogP contribution in [0.5, 0.6) is 0 Å². The monoisotopic (exact) mass is 314 g/mol. The van der Waals surface area contributed by atoms with Crippen LogP contribution in [0.4, 0.5) is 0 Å². The zero-order chi connectivity index (χ0) is 16.1. The first-order valence-electron chi connectivity index (χ1n) is 9.90. The minimum atomic E-state index is 0.693. The number of hydrogen-bond acceptors (Lipinski definition) is 2. The van der Waals surface area contributed by atoms with Gasteiger partial charge in [0.2, 0.25) is 0 Å². The van der Waals surface area contributed by atoms with E-state index in [1.807, 2.05) is 0 Å². The molecule has 2 heterocycles. The van der Waals surface area contributed by atoms with Gasteiger partial charge in [-0.3, -0.25) is 4.98 Å². The van der Waals surface area contributed by atoms with Crippen LogP contribution in [-0.2, 0) is 19.3 Å². The predicted molar refractivity (Wildman–Crippen MR) is 97.8 cm³/mol. The van der Waals surface area contributed by atoms with Crippen molar-refractivity contribution in [2.75, 3.05) is 19.6 Å². The molecule has 1 aromatic heterocycles. The molecule has 0 unspecified atom stereocenters. The van der Waals surface area contributed by atoms with Crippen LogP contribution >= 0.6 is 0 Å². The standard InChI is InChI=1S/C21H34N2/c1-17(2)16-20-9-8-19-11-14-23(15-12-21(19)22-20)13-10-18-6-4-3-5-7-18/h8-9,17-18H,3-7,10-16H2,1-2H3. The summed E-state index contributed by atoms with van der Waals surface area (Å²) >= 11 is 0. The van der Waals surface area contributed by atoms with E-state index in [2.05, 4.69) is 30.9 Å². The maximum Gasteiger partial charge on any atom is 0.0452 e. The summed E-state index contributed by atoms with van der Waals surface area (Å²) in [6, 6.07) is 4.61. The van der Waals surface area contributed by atoms with Gasteiger partial charge in [0.25, 0.3) is 0 Å². The molecule has 1 aromatic rings. The summed E-state index contributed by atoms with van der Waals surface area (Å²) in [6.45, 7) is 8.29. The molecule has 1 aliphatic carbocycles. The number of nitrogens with zero attached hydrogens (tertiary/aromatic N) is 2. The fraction of sp³-hybridized carbons (Fsp3) is 0.762. The first kappa shape index (κ1) is 17.0. The molecule has 23 heavy (non-hydrogen) atoms. The second kappa shape index (κ2) is 8.28. The highest BCUT2D eigenvalue weighted by atomic mass is 15.1. The second-order valence-electron chi connectivity index (χ2n) is 8.14. The van der Waals surface area contributed by atoms with Gasteiger partial charge >= 0.3 is 0 Å². The van der Waals surface area contributed by atoms with Crippen molar-refractivity contribution in [2.24, 2.45) is 11.8 Å². The molecule has 1 saturated carbocycles. The highest BCUT2D eigenvalue weighted by molar-refractivity contribution is 5.25. The fourth-order valence-electron chi connectivity index (χ4n) is 4.27. The van der Waals surface area contributed by atoms with E-state index in [1.165, 1.54) is 81.5 Å². The van der Waals surface area contributed by atoms with Crippen molar-refractivity contribution in [2.45, 2.75) is 71.6 Å². The quantitative estimate of drug-likeness (QED) is 0.786. The third kappa shape index (κ3) is 5.04. The van der Waals surface area contributed by atoms with Gasteiger partial charge in [0.15, 0.2) is 0 Å². The Kier molecular flexibility index (Phi) is 6.10. The van der Waals surface area contributed by atoms with Crippen LogP contribution in [0.2, 0.25) is 0 Å². The third-order valence-corrected chi connectivity index (χ3v) is 5.68. The summed E-state index contributed by atoms with van der Waals surface area (Å²) in [4.78, 5) is 7.66. The molecule has 2 heteroatoms. The van der Waals surface area contributed by atoms with Crippen LogP contribution in [0.1, 0.15) is 69.3 Å². The molecule has 1 aliphatic heterocycles. The molecule has 0 atom stereocenters. The summed E-state index contributed by atoms with van der Waals surface area (Å²) in [5.41, 5.74) is 4.16. The van der Waals surface area contributed by atoms with Gasteiger partial charge in [0.1, 0.15) is 0 Å². The molecule has 0 amide bonds. The van der Waals surface area contributed by atoms with E-state index < -0.39 is 0 Å². The molecule has 0 saturated heterocycles. The van der Waals surface area contributed by atoms with Crippen molar-refractivity contribution in [3.05, 3.63) is 29.1 Å². The Balaban J connectivity index is 1.52. The molecular weight excluding hydrogens is 280 g/mol. The third-order valence-electron chi connectivity index (χ3n) is 5.68. The lowest BCUT2D eigenvalue weighted by Crippen LogP contribution is -2.29. The average Bonchev–Trinajstić information content (AvgIpc) is 2.75. The van der Waals surface area contributed by atoms with Crippen molar-refractivity contribution in [3.8, 4) is 0 Å². The molecular formula is C21H34N2. The number of fused-ring (bicyclic) bond motifs is 1. The van der Waals surface area contributed by atoms with E-state index in [-0.39, 0.29) is 0 Å². The first-order chi connectivity index (χ1) is 11.2. The number of pyridine rings is 1. The van der Waals surface area contributed by atoms with Crippen LogP contribution in [-0.4, -0.2) is 29.5 Å². The maximum absolute atomic E-state index is 4.97. The molecule has 0 aromatic carbocycles. The Morgan fingerprint density at radius 3 is 2.65 bits per heavy atom. The highest BCUT2D eigenvalue weighted by Crippen LogP contribution is 2.26. The summed E-state index contributed by atoms with van der Waals surface area (Å²) in [5, 5.41) is 0. The maximum atomic E-state index is 4.97. The van der Waals surface area contributed by atoms with Crippen molar-refractivity contribution < 1.29 is 0 Å². The van der Waals surface area contributed by atoms with Crippen LogP contribution in [0.15, 0.2) is 12.1 Å². The molecule has 0 N–H and O–H groups in total. The van der Waals surface area contributed by atoms with Crippen LogP contribution in [0, 0.1) is 11.8 Å². The van der Waals surface area contributed by atoms with Crippen molar-refractivity contribution in [1.29, 1.82) is 0 Å². The van der Waals surface area contributed by atoms with Crippen LogP contribution in [0.3, 0.4) is 0 Å². The van der Waals surface area contributed by atoms with Crippen LogP contribution < -0.4 is 0 Å². The van der Waals surface area contributed by atoms with Gasteiger partial charge < -0.3 is 4.90 Å². The Labute approximate surface area is 142 Å². The smallest absolute Gasteiger partial charge is 0.0452 e. The zero-order valence-corrected chi connectivity index (χ0v) is 15.2. The summed E-state index contributed by atoms with van der Waals surface area (Å²) in [6.07, 6.45) is 12.2. The fourth-order valence-corrected chi connectivity index (χ4v) is 4.27. The Morgan fingerprint density at radius 1 is 1.09 bits per heavy atom. The normalized spacial score (nSPS) is 20.5. The van der Waals surface area contributed by atoms with Gasteiger partial charge in [-0.25, -0.2) is 0 Å². The zero-order valence-electron chi connectivity index (χ0n) is 15.2. The molecule has 2 nitrogen and oxygen atoms in total. The van der Waals surface area contributed by atoms with Crippen molar-refractivity contribution >= 4 is 0 Å². The van der Waals surface area contributed by atoms with Crippen LogP contribution in [0.25, 0.3) is 0 Å². The first-order valence-corrected chi connectivity index (χ1v) is 9.90. The van der Waals surface area contributed by atoms with Crippen molar-refractivity contribution in [1.82, 2.24) is 9.88 Å². The Hall–Kier alpha value is -0.890. The molecule has 1 fully saturated rings. The van der Waals surface area contributed by atoms with Gasteiger partial charge in [0.05, 0.1) is 0 Å². The van der Waals surface area contributed by atoms with E-state index in [0.29, 0.717) is 5.92 Å². The minimum Gasteiger partial charge on any atom is -0.303 e. The number of aromatic nitrogens is 1. The highest BCUT2D eigenvalue weighted by Gasteiger charge is 2.18.